The number of alkyl halides is 3. The van der Waals surface area contributed by atoms with Crippen LogP contribution in [0.15, 0.2) is 0 Å². The van der Waals surface area contributed by atoms with E-state index in [1.807, 2.05) is 19.0 Å². The third-order valence-electron chi connectivity index (χ3n) is 1.64. The highest BCUT2D eigenvalue weighted by Gasteiger charge is 2.32. The number of likely N-dealkylation sites (N-methyl/N-ethyl adjacent to an activating group) is 1. The van der Waals surface area contributed by atoms with Crippen molar-refractivity contribution in [2.45, 2.75) is 16.3 Å². The fourth-order valence-electron chi connectivity index (χ4n) is 0.782. The first-order valence-electron chi connectivity index (χ1n) is 4.39. The summed E-state index contributed by atoms with van der Waals surface area (Å²) in [4.78, 5) is 13.1. The zero-order valence-electron chi connectivity index (χ0n) is 8.64. The molecule has 15 heavy (non-hydrogen) atoms. The van der Waals surface area contributed by atoms with Crippen LogP contribution in [0.2, 0.25) is 0 Å². The zero-order chi connectivity index (χ0) is 12.1. The number of nitrogens with zero attached hydrogens (tertiary/aromatic N) is 1. The van der Waals surface area contributed by atoms with E-state index in [9.17, 15) is 9.90 Å². The van der Waals surface area contributed by atoms with Gasteiger partial charge in [0, 0.05) is 13.1 Å². The molecule has 0 saturated heterocycles. The quantitative estimate of drug-likeness (QED) is 0.731. The van der Waals surface area contributed by atoms with E-state index < -0.39 is 9.90 Å². The van der Waals surface area contributed by atoms with E-state index in [4.69, 9.17) is 34.8 Å². The minimum atomic E-state index is -1.82. The van der Waals surface area contributed by atoms with Gasteiger partial charge in [-0.3, -0.25) is 4.79 Å². The molecule has 0 aliphatic heterocycles. The molecule has 0 bridgehead atoms. The summed E-state index contributed by atoms with van der Waals surface area (Å²) >= 11 is 16.2. The average Bonchev–Trinajstić information content (AvgIpc) is 2.01. The van der Waals surface area contributed by atoms with Crippen molar-refractivity contribution in [1.82, 2.24) is 10.2 Å². The first-order valence-corrected chi connectivity index (χ1v) is 5.53. The largest absolute Gasteiger partial charge is 0.388 e. The molecule has 0 unspecified atom stereocenters. The summed E-state index contributed by atoms with van der Waals surface area (Å²) in [5.74, 6) is -0.337. The van der Waals surface area contributed by atoms with Crippen LogP contribution in [-0.4, -0.2) is 53.0 Å². The molecule has 0 aromatic rings. The average molecular weight is 278 g/mol. The fourth-order valence-corrected chi connectivity index (χ4v) is 1.01. The SMILES string of the molecule is CN(C)CCNC(=O)C[C@H](O)C(Cl)(Cl)Cl. The topological polar surface area (TPSA) is 52.6 Å². The first-order chi connectivity index (χ1) is 6.73. The normalized spacial score (nSPS) is 14.1. The Bertz CT molecular complexity index is 207. The van der Waals surface area contributed by atoms with Gasteiger partial charge in [-0.15, -0.1) is 0 Å². The molecule has 0 spiro atoms. The van der Waals surface area contributed by atoms with Crippen LogP contribution in [0.1, 0.15) is 6.42 Å². The summed E-state index contributed by atoms with van der Waals surface area (Å²) in [5.41, 5.74) is 0. The summed E-state index contributed by atoms with van der Waals surface area (Å²) in [5, 5.41) is 11.9. The van der Waals surface area contributed by atoms with Gasteiger partial charge in [-0.25, -0.2) is 0 Å². The molecule has 0 rings (SSSR count). The smallest absolute Gasteiger partial charge is 0.222 e. The van der Waals surface area contributed by atoms with Gasteiger partial charge < -0.3 is 15.3 Å². The Labute approximate surface area is 104 Å². The maximum Gasteiger partial charge on any atom is 0.222 e. The lowest BCUT2D eigenvalue weighted by atomic mass is 10.2. The number of carbonyl (C=O) groups excluding carboxylic acids is 1. The summed E-state index contributed by atoms with van der Waals surface area (Å²) in [6.07, 6.45) is -1.51. The van der Waals surface area contributed by atoms with E-state index in [1.165, 1.54) is 0 Å². The van der Waals surface area contributed by atoms with Crippen LogP contribution in [0.3, 0.4) is 0 Å². The molecular formula is C8H15Cl3N2O2. The maximum absolute atomic E-state index is 11.2. The molecule has 2 N–H and O–H groups in total. The number of hydrogen-bond donors (Lipinski definition) is 2. The molecule has 0 radical (unpaired) electrons. The molecule has 0 aliphatic rings. The molecule has 1 atom stereocenters. The van der Waals surface area contributed by atoms with Gasteiger partial charge >= 0.3 is 0 Å². The Morgan fingerprint density at radius 2 is 2.00 bits per heavy atom. The number of aliphatic hydroxyl groups is 1. The predicted molar refractivity (Wildman–Crippen MR) is 62.5 cm³/mol. The Balaban J connectivity index is 3.75. The van der Waals surface area contributed by atoms with Crippen molar-refractivity contribution in [1.29, 1.82) is 0 Å². The number of nitrogens with one attached hydrogen (secondary N) is 1. The summed E-state index contributed by atoms with van der Waals surface area (Å²) < 4.78 is -1.82. The monoisotopic (exact) mass is 276 g/mol. The number of halogens is 3. The van der Waals surface area contributed by atoms with Crippen LogP contribution in [0.25, 0.3) is 0 Å². The highest BCUT2D eigenvalue weighted by molar-refractivity contribution is 6.68. The predicted octanol–water partition coefficient (Wildman–Crippen LogP) is 0.785. The molecule has 0 aliphatic carbocycles. The fraction of sp³-hybridized carbons (Fsp3) is 0.875. The molecule has 0 heterocycles. The van der Waals surface area contributed by atoms with Gasteiger partial charge in [0.05, 0.1) is 6.42 Å². The third kappa shape index (κ3) is 8.11. The van der Waals surface area contributed by atoms with Crippen molar-refractivity contribution < 1.29 is 9.90 Å². The minimum absolute atomic E-state index is 0.218. The van der Waals surface area contributed by atoms with Crippen molar-refractivity contribution in [2.24, 2.45) is 0 Å². The van der Waals surface area contributed by atoms with Crippen LogP contribution in [0.5, 0.6) is 0 Å². The number of amides is 1. The van der Waals surface area contributed by atoms with E-state index in [0.29, 0.717) is 6.54 Å². The van der Waals surface area contributed by atoms with E-state index in [0.717, 1.165) is 6.54 Å². The Kier molecular flexibility index (Phi) is 6.88. The second-order valence-electron chi connectivity index (χ2n) is 3.41. The van der Waals surface area contributed by atoms with Crippen molar-refractivity contribution in [3.8, 4) is 0 Å². The zero-order valence-corrected chi connectivity index (χ0v) is 10.9. The molecule has 4 nitrogen and oxygen atoms in total. The van der Waals surface area contributed by atoms with E-state index in [1.54, 1.807) is 0 Å². The number of hydrogen-bond acceptors (Lipinski definition) is 3. The molecule has 1 amide bonds. The lowest BCUT2D eigenvalue weighted by molar-refractivity contribution is -0.122. The van der Waals surface area contributed by atoms with E-state index >= 15 is 0 Å². The van der Waals surface area contributed by atoms with E-state index in [-0.39, 0.29) is 12.3 Å². The van der Waals surface area contributed by atoms with Gasteiger partial charge in [0.2, 0.25) is 9.70 Å². The molecule has 90 valence electrons. The second-order valence-corrected chi connectivity index (χ2v) is 5.78. The van der Waals surface area contributed by atoms with Gasteiger partial charge in [0.1, 0.15) is 6.10 Å². The lowest BCUT2D eigenvalue weighted by Crippen LogP contribution is -2.36. The second kappa shape index (κ2) is 6.76. The van der Waals surface area contributed by atoms with Crippen LogP contribution in [0.4, 0.5) is 0 Å². The van der Waals surface area contributed by atoms with E-state index in [2.05, 4.69) is 5.32 Å². The third-order valence-corrected chi connectivity index (χ3v) is 2.39. The standard InChI is InChI=1S/C8H15Cl3N2O2/c1-13(2)4-3-12-7(15)5-6(14)8(9,10)11/h6,14H,3-5H2,1-2H3,(H,12,15)/t6-/m0/s1. The molecule has 0 fully saturated rings. The van der Waals surface area contributed by atoms with Gasteiger partial charge in [-0.05, 0) is 14.1 Å². The number of rotatable bonds is 5. The van der Waals surface area contributed by atoms with Gasteiger partial charge in [-0.2, -0.15) is 0 Å². The van der Waals surface area contributed by atoms with Crippen molar-refractivity contribution >= 4 is 40.7 Å². The highest BCUT2D eigenvalue weighted by Crippen LogP contribution is 2.31. The number of aliphatic hydroxyl groups excluding tert-OH is 1. The molecule has 0 saturated carbocycles. The maximum atomic E-state index is 11.2. The van der Waals surface area contributed by atoms with Crippen molar-refractivity contribution in [3.63, 3.8) is 0 Å². The van der Waals surface area contributed by atoms with Gasteiger partial charge in [-0.1, -0.05) is 34.8 Å². The Hall–Kier alpha value is 0.260. The first kappa shape index (κ1) is 15.3. The number of carbonyl (C=O) groups is 1. The molecule has 0 aromatic heterocycles. The molecular weight excluding hydrogens is 262 g/mol. The summed E-state index contributed by atoms with van der Waals surface area (Å²) in [6.45, 7) is 1.22. The van der Waals surface area contributed by atoms with Crippen LogP contribution < -0.4 is 5.32 Å². The Morgan fingerprint density at radius 3 is 2.40 bits per heavy atom. The van der Waals surface area contributed by atoms with Crippen molar-refractivity contribution in [3.05, 3.63) is 0 Å². The van der Waals surface area contributed by atoms with Gasteiger partial charge in [0.25, 0.3) is 0 Å². The molecule has 0 aromatic carbocycles. The lowest BCUT2D eigenvalue weighted by Gasteiger charge is -2.18. The minimum Gasteiger partial charge on any atom is -0.388 e. The Morgan fingerprint density at radius 1 is 1.47 bits per heavy atom. The summed E-state index contributed by atoms with van der Waals surface area (Å²) in [6, 6.07) is 0. The highest BCUT2D eigenvalue weighted by atomic mass is 35.6. The summed E-state index contributed by atoms with van der Waals surface area (Å²) in [7, 11) is 3.78. The van der Waals surface area contributed by atoms with Crippen LogP contribution in [0, 0.1) is 0 Å². The van der Waals surface area contributed by atoms with Gasteiger partial charge in [0.15, 0.2) is 0 Å². The van der Waals surface area contributed by atoms with Crippen LogP contribution in [-0.2, 0) is 4.79 Å². The van der Waals surface area contributed by atoms with Crippen LogP contribution >= 0.6 is 34.8 Å². The molecule has 7 heteroatoms. The van der Waals surface area contributed by atoms with Crippen molar-refractivity contribution in [2.75, 3.05) is 27.2 Å².